The van der Waals surface area contributed by atoms with Crippen LogP contribution in [0.25, 0.3) is 0 Å². The fourth-order valence-electron chi connectivity index (χ4n) is 1.57. The van der Waals surface area contributed by atoms with E-state index in [1.54, 1.807) is 12.4 Å². The zero-order valence-corrected chi connectivity index (χ0v) is 11.0. The Morgan fingerprint density at radius 2 is 2.06 bits per heavy atom. The summed E-state index contributed by atoms with van der Waals surface area (Å²) >= 11 is 0. The first-order valence-electron chi connectivity index (χ1n) is 6.39. The lowest BCUT2D eigenvalue weighted by atomic mass is 10.0. The molecule has 1 unspecified atom stereocenters. The minimum absolute atomic E-state index is 0.435. The average Bonchev–Trinajstić information content (AvgIpc) is 2.33. The Labute approximate surface area is 104 Å². The van der Waals surface area contributed by atoms with Gasteiger partial charge in [0.1, 0.15) is 5.75 Å². The number of pyridine rings is 1. The number of rotatable bonds is 7. The molecule has 1 heterocycles. The van der Waals surface area contributed by atoms with Gasteiger partial charge in [-0.25, -0.2) is 0 Å². The molecule has 0 fully saturated rings. The second kappa shape index (κ2) is 7.28. The first kappa shape index (κ1) is 14.0. The van der Waals surface area contributed by atoms with E-state index in [-0.39, 0.29) is 0 Å². The molecule has 1 aromatic heterocycles. The third-order valence-electron chi connectivity index (χ3n) is 2.61. The molecule has 0 bridgehead atoms. The van der Waals surface area contributed by atoms with Crippen molar-refractivity contribution in [2.24, 2.45) is 5.92 Å². The zero-order chi connectivity index (χ0) is 12.7. The van der Waals surface area contributed by atoms with Crippen molar-refractivity contribution in [2.45, 2.75) is 46.1 Å². The maximum Gasteiger partial charge on any atom is 0.137 e. The summed E-state index contributed by atoms with van der Waals surface area (Å²) in [6.07, 6.45) is 5.73. The third kappa shape index (κ3) is 5.18. The fraction of sp³-hybridized carbons (Fsp3) is 0.643. The molecule has 0 amide bonds. The first-order valence-corrected chi connectivity index (χ1v) is 6.39. The highest BCUT2D eigenvalue weighted by Crippen LogP contribution is 2.23. The summed E-state index contributed by atoms with van der Waals surface area (Å²) in [4.78, 5) is 4.10. The summed E-state index contributed by atoms with van der Waals surface area (Å²) in [7, 11) is 0. The number of aliphatic hydroxyl groups is 1. The smallest absolute Gasteiger partial charge is 0.137 e. The van der Waals surface area contributed by atoms with Gasteiger partial charge in [-0.3, -0.25) is 4.98 Å². The van der Waals surface area contributed by atoms with Crippen molar-refractivity contribution in [3.05, 3.63) is 24.0 Å². The third-order valence-corrected chi connectivity index (χ3v) is 2.61. The van der Waals surface area contributed by atoms with E-state index in [1.807, 2.05) is 6.07 Å². The number of ether oxygens (including phenoxy) is 1. The standard InChI is InChI=1S/C14H23NO2/c1-4-7-17-13-8-12(9-15-10-13)14(16)6-5-11(2)3/h8-11,14,16H,4-7H2,1-3H3. The second-order valence-corrected chi connectivity index (χ2v) is 4.79. The van der Waals surface area contributed by atoms with E-state index in [2.05, 4.69) is 25.8 Å². The van der Waals surface area contributed by atoms with Crippen LogP contribution in [0.5, 0.6) is 5.75 Å². The van der Waals surface area contributed by atoms with Crippen molar-refractivity contribution < 1.29 is 9.84 Å². The highest BCUT2D eigenvalue weighted by molar-refractivity contribution is 5.25. The van der Waals surface area contributed by atoms with Crippen LogP contribution < -0.4 is 4.74 Å². The Morgan fingerprint density at radius 1 is 1.29 bits per heavy atom. The van der Waals surface area contributed by atoms with Gasteiger partial charge in [0.15, 0.2) is 0 Å². The van der Waals surface area contributed by atoms with Gasteiger partial charge in [-0.2, -0.15) is 0 Å². The van der Waals surface area contributed by atoms with Gasteiger partial charge in [0.05, 0.1) is 18.9 Å². The quantitative estimate of drug-likeness (QED) is 0.791. The summed E-state index contributed by atoms with van der Waals surface area (Å²) in [6, 6.07) is 1.88. The molecule has 0 saturated carbocycles. The van der Waals surface area contributed by atoms with Crippen LogP contribution in [-0.4, -0.2) is 16.7 Å². The summed E-state index contributed by atoms with van der Waals surface area (Å²) in [5, 5.41) is 10.0. The molecular weight excluding hydrogens is 214 g/mol. The van der Waals surface area contributed by atoms with Crippen molar-refractivity contribution in [1.82, 2.24) is 4.98 Å². The molecule has 3 nitrogen and oxygen atoms in total. The average molecular weight is 237 g/mol. The van der Waals surface area contributed by atoms with E-state index in [0.29, 0.717) is 12.5 Å². The topological polar surface area (TPSA) is 42.4 Å². The monoisotopic (exact) mass is 237 g/mol. The first-order chi connectivity index (χ1) is 8.13. The molecule has 1 atom stereocenters. The van der Waals surface area contributed by atoms with Crippen LogP contribution in [-0.2, 0) is 0 Å². The second-order valence-electron chi connectivity index (χ2n) is 4.79. The summed E-state index contributed by atoms with van der Waals surface area (Å²) in [6.45, 7) is 7.07. The predicted octanol–water partition coefficient (Wildman–Crippen LogP) is 3.34. The highest BCUT2D eigenvalue weighted by Gasteiger charge is 2.10. The molecule has 0 aromatic carbocycles. The summed E-state index contributed by atoms with van der Waals surface area (Å²) in [5.74, 6) is 1.35. The van der Waals surface area contributed by atoms with Crippen LogP contribution in [0.4, 0.5) is 0 Å². The van der Waals surface area contributed by atoms with Gasteiger partial charge in [-0.15, -0.1) is 0 Å². The Kier molecular flexibility index (Phi) is 5.98. The molecule has 0 aliphatic rings. The van der Waals surface area contributed by atoms with E-state index in [1.165, 1.54) is 0 Å². The van der Waals surface area contributed by atoms with E-state index >= 15 is 0 Å². The lowest BCUT2D eigenvalue weighted by molar-refractivity contribution is 0.158. The fourth-order valence-corrected chi connectivity index (χ4v) is 1.57. The molecule has 1 rings (SSSR count). The van der Waals surface area contributed by atoms with Crippen LogP contribution in [0.15, 0.2) is 18.5 Å². The van der Waals surface area contributed by atoms with Crippen LogP contribution in [0.3, 0.4) is 0 Å². The Hall–Kier alpha value is -1.09. The van der Waals surface area contributed by atoms with Gasteiger partial charge in [0.25, 0.3) is 0 Å². The lowest BCUT2D eigenvalue weighted by Gasteiger charge is -2.13. The molecule has 0 aliphatic heterocycles. The minimum Gasteiger partial charge on any atom is -0.492 e. The van der Waals surface area contributed by atoms with Crippen molar-refractivity contribution in [1.29, 1.82) is 0 Å². The molecule has 0 saturated heterocycles. The Balaban J connectivity index is 2.57. The molecule has 0 spiro atoms. The molecule has 1 aromatic rings. The number of hydrogen-bond donors (Lipinski definition) is 1. The Bertz CT molecular complexity index is 326. The molecule has 0 radical (unpaired) electrons. The molecule has 1 N–H and O–H groups in total. The number of hydrogen-bond acceptors (Lipinski definition) is 3. The zero-order valence-electron chi connectivity index (χ0n) is 11.0. The number of aromatic nitrogens is 1. The van der Waals surface area contributed by atoms with E-state index < -0.39 is 6.10 Å². The maximum atomic E-state index is 10.0. The van der Waals surface area contributed by atoms with Gasteiger partial charge >= 0.3 is 0 Å². The van der Waals surface area contributed by atoms with Gasteiger partial charge in [0, 0.05) is 11.8 Å². The minimum atomic E-state index is -0.435. The van der Waals surface area contributed by atoms with Crippen molar-refractivity contribution in [2.75, 3.05) is 6.61 Å². The predicted molar refractivity (Wildman–Crippen MR) is 69.1 cm³/mol. The van der Waals surface area contributed by atoms with Crippen molar-refractivity contribution in [3.63, 3.8) is 0 Å². The Morgan fingerprint density at radius 3 is 2.71 bits per heavy atom. The van der Waals surface area contributed by atoms with Gasteiger partial charge in [0.2, 0.25) is 0 Å². The summed E-state index contributed by atoms with van der Waals surface area (Å²) < 4.78 is 5.50. The van der Waals surface area contributed by atoms with E-state index in [9.17, 15) is 5.11 Å². The normalized spacial score (nSPS) is 12.8. The molecule has 3 heteroatoms. The van der Waals surface area contributed by atoms with Crippen LogP contribution in [0.1, 0.15) is 51.7 Å². The van der Waals surface area contributed by atoms with Crippen molar-refractivity contribution in [3.8, 4) is 5.75 Å². The molecule has 17 heavy (non-hydrogen) atoms. The molecular formula is C14H23NO2. The summed E-state index contributed by atoms with van der Waals surface area (Å²) in [5.41, 5.74) is 0.847. The number of aliphatic hydroxyl groups excluding tert-OH is 1. The molecule has 96 valence electrons. The van der Waals surface area contributed by atoms with E-state index in [4.69, 9.17) is 4.74 Å². The van der Waals surface area contributed by atoms with Crippen molar-refractivity contribution >= 4 is 0 Å². The van der Waals surface area contributed by atoms with Crippen LogP contribution >= 0.6 is 0 Å². The van der Waals surface area contributed by atoms with Crippen LogP contribution in [0, 0.1) is 5.92 Å². The lowest BCUT2D eigenvalue weighted by Crippen LogP contribution is -2.02. The molecule has 0 aliphatic carbocycles. The van der Waals surface area contributed by atoms with Crippen LogP contribution in [0.2, 0.25) is 0 Å². The maximum absolute atomic E-state index is 10.0. The van der Waals surface area contributed by atoms with E-state index in [0.717, 1.165) is 30.6 Å². The number of nitrogens with zero attached hydrogens (tertiary/aromatic N) is 1. The van der Waals surface area contributed by atoms with Gasteiger partial charge in [-0.05, 0) is 31.2 Å². The van der Waals surface area contributed by atoms with Gasteiger partial charge in [-0.1, -0.05) is 20.8 Å². The largest absolute Gasteiger partial charge is 0.492 e. The SMILES string of the molecule is CCCOc1cncc(C(O)CCC(C)C)c1. The highest BCUT2D eigenvalue weighted by atomic mass is 16.5. The van der Waals surface area contributed by atoms with Gasteiger partial charge < -0.3 is 9.84 Å².